The summed E-state index contributed by atoms with van der Waals surface area (Å²) in [6.45, 7) is 13.2. The van der Waals surface area contributed by atoms with Gasteiger partial charge in [-0.05, 0) is 24.7 Å². The van der Waals surface area contributed by atoms with E-state index in [1.54, 1.807) is 0 Å². The number of carbonyl (C=O) groups is 4. The SMILES string of the molecule is C=C(C(=O)N(C)C(C=O)(CC(C)C)NC(C=O)C(C)C)N(C)C(=O)CCC. The average Bonchev–Trinajstić information content (AvgIpc) is 2.62. The van der Waals surface area contributed by atoms with E-state index in [0.717, 1.165) is 6.29 Å². The van der Waals surface area contributed by atoms with Crippen LogP contribution in [0.25, 0.3) is 0 Å². The number of nitrogens with zero attached hydrogens (tertiary/aromatic N) is 2. The van der Waals surface area contributed by atoms with Crippen LogP contribution in [-0.2, 0) is 19.2 Å². The first-order valence-electron chi connectivity index (χ1n) is 9.40. The quantitative estimate of drug-likeness (QED) is 0.317. The summed E-state index contributed by atoms with van der Waals surface area (Å²) in [4.78, 5) is 51.1. The second-order valence-corrected chi connectivity index (χ2v) is 7.70. The van der Waals surface area contributed by atoms with E-state index < -0.39 is 17.6 Å². The zero-order valence-electron chi connectivity index (χ0n) is 17.7. The van der Waals surface area contributed by atoms with Gasteiger partial charge in [0.2, 0.25) is 5.91 Å². The molecule has 0 fully saturated rings. The fraction of sp³-hybridized carbons (Fsp3) is 0.700. The predicted octanol–water partition coefficient (Wildman–Crippen LogP) is 1.97. The summed E-state index contributed by atoms with van der Waals surface area (Å²) in [5.41, 5.74) is -1.39. The lowest BCUT2D eigenvalue weighted by molar-refractivity contribution is -0.144. The second kappa shape index (κ2) is 11.0. The zero-order valence-corrected chi connectivity index (χ0v) is 17.7. The summed E-state index contributed by atoms with van der Waals surface area (Å²) in [6, 6.07) is -0.600. The van der Waals surface area contributed by atoms with Crippen LogP contribution in [0.2, 0.25) is 0 Å². The Bertz CT molecular complexity index is 559. The van der Waals surface area contributed by atoms with Gasteiger partial charge in [-0.1, -0.05) is 41.2 Å². The Hall–Kier alpha value is -2.02. The monoisotopic (exact) mass is 381 g/mol. The Morgan fingerprint density at radius 3 is 2.07 bits per heavy atom. The molecule has 0 rings (SSSR count). The molecule has 7 heteroatoms. The highest BCUT2D eigenvalue weighted by molar-refractivity contribution is 5.98. The van der Waals surface area contributed by atoms with Crippen molar-refractivity contribution in [2.45, 2.75) is 65.6 Å². The molecule has 0 aromatic heterocycles. The topological polar surface area (TPSA) is 86.8 Å². The summed E-state index contributed by atoms with van der Waals surface area (Å²) < 4.78 is 0. The molecule has 0 bridgehead atoms. The molecule has 0 radical (unpaired) electrons. The van der Waals surface area contributed by atoms with Crippen LogP contribution in [0.3, 0.4) is 0 Å². The summed E-state index contributed by atoms with van der Waals surface area (Å²) in [5, 5.41) is 3.05. The van der Waals surface area contributed by atoms with Crippen molar-refractivity contribution in [3.8, 4) is 0 Å². The van der Waals surface area contributed by atoms with Crippen molar-refractivity contribution in [1.82, 2.24) is 15.1 Å². The van der Waals surface area contributed by atoms with Gasteiger partial charge in [0.15, 0.2) is 11.9 Å². The highest BCUT2D eigenvalue weighted by atomic mass is 16.2. The number of amides is 2. The predicted molar refractivity (Wildman–Crippen MR) is 106 cm³/mol. The van der Waals surface area contributed by atoms with Crippen LogP contribution >= 0.6 is 0 Å². The zero-order chi connectivity index (χ0) is 21.4. The molecule has 0 aromatic carbocycles. The average molecular weight is 382 g/mol. The second-order valence-electron chi connectivity index (χ2n) is 7.70. The summed E-state index contributed by atoms with van der Waals surface area (Å²) >= 11 is 0. The highest BCUT2D eigenvalue weighted by Crippen LogP contribution is 2.23. The Labute approximate surface area is 163 Å². The van der Waals surface area contributed by atoms with Gasteiger partial charge >= 0.3 is 0 Å². The van der Waals surface area contributed by atoms with E-state index in [-0.39, 0.29) is 23.4 Å². The van der Waals surface area contributed by atoms with E-state index in [4.69, 9.17) is 0 Å². The first-order chi connectivity index (χ1) is 12.5. The molecule has 0 aliphatic heterocycles. The molecular weight excluding hydrogens is 346 g/mol. The molecule has 2 atom stereocenters. The Morgan fingerprint density at radius 1 is 1.15 bits per heavy atom. The Kier molecular flexibility index (Phi) is 10.1. The molecule has 7 nitrogen and oxygen atoms in total. The number of hydrogen-bond donors (Lipinski definition) is 1. The number of nitrogens with one attached hydrogen (secondary N) is 1. The van der Waals surface area contributed by atoms with Crippen LogP contribution in [-0.4, -0.2) is 60.0 Å². The van der Waals surface area contributed by atoms with E-state index in [1.165, 1.54) is 23.9 Å². The van der Waals surface area contributed by atoms with Gasteiger partial charge in [0.1, 0.15) is 12.0 Å². The van der Waals surface area contributed by atoms with E-state index >= 15 is 0 Å². The molecule has 0 spiro atoms. The molecule has 1 N–H and O–H groups in total. The molecule has 2 unspecified atom stereocenters. The van der Waals surface area contributed by atoms with Gasteiger partial charge in [-0.2, -0.15) is 0 Å². The van der Waals surface area contributed by atoms with Crippen molar-refractivity contribution in [2.75, 3.05) is 14.1 Å². The van der Waals surface area contributed by atoms with Crippen LogP contribution in [0, 0.1) is 11.8 Å². The van der Waals surface area contributed by atoms with Crippen LogP contribution in [0.4, 0.5) is 0 Å². The summed E-state index contributed by atoms with van der Waals surface area (Å²) in [5.74, 6) is -0.749. The van der Waals surface area contributed by atoms with Crippen molar-refractivity contribution < 1.29 is 19.2 Å². The van der Waals surface area contributed by atoms with E-state index in [9.17, 15) is 19.2 Å². The fourth-order valence-electron chi connectivity index (χ4n) is 2.77. The lowest BCUT2D eigenvalue weighted by atomic mass is 9.93. The van der Waals surface area contributed by atoms with Crippen LogP contribution in [0.5, 0.6) is 0 Å². The molecular formula is C20H35N3O4. The largest absolute Gasteiger partial charge is 0.316 e. The minimum Gasteiger partial charge on any atom is -0.316 e. The molecule has 0 aromatic rings. The Balaban J connectivity index is 5.79. The summed E-state index contributed by atoms with van der Waals surface area (Å²) in [6.07, 6.45) is 2.67. The molecule has 0 saturated heterocycles. The maximum absolute atomic E-state index is 13.0. The third kappa shape index (κ3) is 6.57. The fourth-order valence-corrected chi connectivity index (χ4v) is 2.77. The van der Waals surface area contributed by atoms with Gasteiger partial charge < -0.3 is 14.6 Å². The maximum Gasteiger partial charge on any atom is 0.271 e. The number of carbonyl (C=O) groups excluding carboxylic acids is 4. The first-order valence-corrected chi connectivity index (χ1v) is 9.40. The lowest BCUT2D eigenvalue weighted by Crippen LogP contribution is -2.65. The molecule has 0 aliphatic rings. The van der Waals surface area contributed by atoms with Gasteiger partial charge in [-0.3, -0.25) is 19.7 Å². The van der Waals surface area contributed by atoms with Crippen LogP contribution in [0.1, 0.15) is 53.9 Å². The number of hydrogen-bond acceptors (Lipinski definition) is 5. The minimum atomic E-state index is -1.38. The third-order valence-electron chi connectivity index (χ3n) is 4.59. The van der Waals surface area contributed by atoms with Crippen LogP contribution < -0.4 is 5.32 Å². The highest BCUT2D eigenvalue weighted by Gasteiger charge is 2.41. The molecule has 0 heterocycles. The molecule has 27 heavy (non-hydrogen) atoms. The molecule has 0 saturated carbocycles. The van der Waals surface area contributed by atoms with Crippen LogP contribution in [0.15, 0.2) is 12.3 Å². The number of likely N-dealkylation sites (N-methyl/N-ethyl adjacent to an activating group) is 2. The lowest BCUT2D eigenvalue weighted by Gasteiger charge is -2.42. The van der Waals surface area contributed by atoms with E-state index in [1.807, 2.05) is 34.6 Å². The van der Waals surface area contributed by atoms with Gasteiger partial charge in [0.25, 0.3) is 5.91 Å². The smallest absolute Gasteiger partial charge is 0.271 e. The number of aldehydes is 2. The Morgan fingerprint density at radius 2 is 1.70 bits per heavy atom. The maximum atomic E-state index is 13.0. The van der Waals surface area contributed by atoms with Crippen molar-refractivity contribution in [1.29, 1.82) is 0 Å². The molecule has 2 amide bonds. The van der Waals surface area contributed by atoms with Gasteiger partial charge in [0.05, 0.1) is 6.04 Å². The first kappa shape index (κ1) is 25.0. The van der Waals surface area contributed by atoms with Crippen molar-refractivity contribution in [3.05, 3.63) is 12.3 Å². The number of rotatable bonds is 12. The van der Waals surface area contributed by atoms with E-state index in [2.05, 4.69) is 11.9 Å². The van der Waals surface area contributed by atoms with Gasteiger partial charge in [-0.15, -0.1) is 0 Å². The van der Waals surface area contributed by atoms with Crippen molar-refractivity contribution >= 4 is 24.4 Å². The third-order valence-corrected chi connectivity index (χ3v) is 4.59. The van der Waals surface area contributed by atoms with Crippen molar-refractivity contribution in [3.63, 3.8) is 0 Å². The molecule has 154 valence electrons. The van der Waals surface area contributed by atoms with Gasteiger partial charge in [-0.25, -0.2) is 0 Å². The summed E-state index contributed by atoms with van der Waals surface area (Å²) in [7, 11) is 2.98. The normalized spacial score (nSPS) is 14.4. The minimum absolute atomic E-state index is 0.0140. The van der Waals surface area contributed by atoms with Crippen molar-refractivity contribution in [2.24, 2.45) is 11.8 Å². The molecule has 0 aliphatic carbocycles. The van der Waals surface area contributed by atoms with E-state index in [0.29, 0.717) is 25.5 Å². The van der Waals surface area contributed by atoms with Gasteiger partial charge in [0, 0.05) is 20.5 Å². The standard InChI is InChI=1S/C20H35N3O4/c1-9-10-18(26)22(7)16(6)19(27)23(8)20(13-25,11-14(2)3)21-17(12-24)15(4)5/h12-15,17,21H,6,9-11H2,1-5,7-8H3.